The highest BCUT2D eigenvalue weighted by Crippen LogP contribution is 2.21. The molecule has 1 aromatic carbocycles. The third kappa shape index (κ3) is 6.48. The molecule has 2 fully saturated rings. The monoisotopic (exact) mass is 507 g/mol. The number of anilines is 1. The minimum Gasteiger partial charge on any atom is -0.374 e. The highest BCUT2D eigenvalue weighted by molar-refractivity contribution is 5.76. The van der Waals surface area contributed by atoms with E-state index in [4.69, 9.17) is 15.9 Å². The topological polar surface area (TPSA) is 149 Å². The number of ether oxygens (including phenoxy) is 1. The van der Waals surface area contributed by atoms with E-state index in [0.29, 0.717) is 24.8 Å². The van der Waals surface area contributed by atoms with Crippen molar-refractivity contribution in [3.8, 4) is 5.69 Å². The van der Waals surface area contributed by atoms with E-state index >= 15 is 0 Å². The molecule has 2 aromatic heterocycles. The highest BCUT2D eigenvalue weighted by atomic mass is 16.5. The van der Waals surface area contributed by atoms with Gasteiger partial charge in [0, 0.05) is 61.6 Å². The van der Waals surface area contributed by atoms with Crippen LogP contribution in [0.4, 0.5) is 5.69 Å². The summed E-state index contributed by atoms with van der Waals surface area (Å²) in [5.74, 6) is -0.0216. The van der Waals surface area contributed by atoms with E-state index < -0.39 is 0 Å². The second-order valence-corrected chi connectivity index (χ2v) is 9.80. The van der Waals surface area contributed by atoms with Crippen molar-refractivity contribution >= 4 is 22.7 Å². The van der Waals surface area contributed by atoms with Crippen molar-refractivity contribution in [2.45, 2.75) is 37.8 Å². The average Bonchev–Trinajstić information content (AvgIpc) is 3.30. The number of rotatable bonds is 9. The SMILES string of the molecule is N=C(N)NCC[C@@H]1CN(c2ccc(-n3cc4cc(CCNC5CCNCC5)[nH]c4nc3=O)cc2)CCO1. The quantitative estimate of drug-likeness (QED) is 0.183. The van der Waals surface area contributed by atoms with Gasteiger partial charge in [0.05, 0.1) is 18.4 Å². The van der Waals surface area contributed by atoms with Gasteiger partial charge in [0.25, 0.3) is 0 Å². The first kappa shape index (κ1) is 25.2. The molecule has 0 bridgehead atoms. The van der Waals surface area contributed by atoms with Gasteiger partial charge in [-0.3, -0.25) is 9.98 Å². The smallest absolute Gasteiger partial charge is 0.354 e. The maximum absolute atomic E-state index is 12.8. The Balaban J connectivity index is 1.22. The third-order valence-electron chi connectivity index (χ3n) is 7.14. The lowest BCUT2D eigenvalue weighted by atomic mass is 10.1. The van der Waals surface area contributed by atoms with Crippen LogP contribution in [0, 0.1) is 5.41 Å². The van der Waals surface area contributed by atoms with Crippen molar-refractivity contribution in [2.75, 3.05) is 50.8 Å². The van der Waals surface area contributed by atoms with Crippen molar-refractivity contribution in [1.29, 1.82) is 5.41 Å². The number of hydrogen-bond acceptors (Lipinski definition) is 7. The van der Waals surface area contributed by atoms with Crippen LogP contribution in [0.15, 0.2) is 41.3 Å². The number of H-pyrrole nitrogens is 1. The Hall–Kier alpha value is -3.41. The Morgan fingerprint density at radius 1 is 1.19 bits per heavy atom. The van der Waals surface area contributed by atoms with Gasteiger partial charge in [-0.1, -0.05) is 0 Å². The summed E-state index contributed by atoms with van der Waals surface area (Å²) >= 11 is 0. The zero-order valence-corrected chi connectivity index (χ0v) is 21.1. The molecule has 0 aliphatic carbocycles. The molecule has 2 aliphatic rings. The molecule has 0 spiro atoms. The molecule has 0 unspecified atom stereocenters. The van der Waals surface area contributed by atoms with Gasteiger partial charge < -0.3 is 36.3 Å². The summed E-state index contributed by atoms with van der Waals surface area (Å²) in [6.07, 6.45) is 5.92. The van der Waals surface area contributed by atoms with Crippen LogP contribution in [0.5, 0.6) is 0 Å². The Bertz CT molecular complexity index is 1250. The van der Waals surface area contributed by atoms with Gasteiger partial charge in [-0.05, 0) is 62.7 Å². The fourth-order valence-electron chi connectivity index (χ4n) is 5.13. The highest BCUT2D eigenvalue weighted by Gasteiger charge is 2.21. The summed E-state index contributed by atoms with van der Waals surface area (Å²) in [5, 5.41) is 18.1. The first-order valence-electron chi connectivity index (χ1n) is 13.2. The number of morpholine rings is 1. The molecule has 198 valence electrons. The van der Waals surface area contributed by atoms with Crippen molar-refractivity contribution in [3.63, 3.8) is 0 Å². The van der Waals surface area contributed by atoms with Crippen LogP contribution in [-0.4, -0.2) is 78.5 Å². The summed E-state index contributed by atoms with van der Waals surface area (Å²) in [6, 6.07) is 10.7. The number of nitrogens with zero attached hydrogens (tertiary/aromatic N) is 3. The summed E-state index contributed by atoms with van der Waals surface area (Å²) in [4.78, 5) is 22.7. The summed E-state index contributed by atoms with van der Waals surface area (Å²) in [7, 11) is 0. The van der Waals surface area contributed by atoms with E-state index in [9.17, 15) is 4.79 Å². The number of aromatic amines is 1. The number of nitrogens with two attached hydrogens (primary N) is 1. The van der Waals surface area contributed by atoms with E-state index in [1.165, 1.54) is 0 Å². The van der Waals surface area contributed by atoms with E-state index in [1.807, 2.05) is 30.5 Å². The normalized spacial score (nSPS) is 18.8. The van der Waals surface area contributed by atoms with Crippen molar-refractivity contribution < 1.29 is 4.74 Å². The molecule has 37 heavy (non-hydrogen) atoms. The number of aromatic nitrogens is 3. The van der Waals surface area contributed by atoms with Crippen LogP contribution in [0.1, 0.15) is 25.0 Å². The molecular weight excluding hydrogens is 470 g/mol. The molecule has 2 aliphatic heterocycles. The molecule has 4 heterocycles. The Labute approximate surface area is 216 Å². The van der Waals surface area contributed by atoms with Crippen LogP contribution in [-0.2, 0) is 11.2 Å². The summed E-state index contributed by atoms with van der Waals surface area (Å²) in [5.41, 5.74) is 8.65. The summed E-state index contributed by atoms with van der Waals surface area (Å²) in [6.45, 7) is 5.89. The van der Waals surface area contributed by atoms with Gasteiger partial charge in [0.1, 0.15) is 5.65 Å². The Kier molecular flexibility index (Phi) is 8.02. The number of guanidine groups is 1. The van der Waals surface area contributed by atoms with E-state index in [1.54, 1.807) is 4.57 Å². The van der Waals surface area contributed by atoms with Crippen molar-refractivity contribution in [2.24, 2.45) is 5.73 Å². The molecule has 7 N–H and O–H groups in total. The predicted molar refractivity (Wildman–Crippen MR) is 146 cm³/mol. The maximum atomic E-state index is 12.8. The van der Waals surface area contributed by atoms with Crippen LogP contribution in [0.2, 0.25) is 0 Å². The largest absolute Gasteiger partial charge is 0.374 e. The minimum atomic E-state index is -0.300. The second-order valence-electron chi connectivity index (χ2n) is 9.80. The van der Waals surface area contributed by atoms with Gasteiger partial charge >= 0.3 is 5.69 Å². The Morgan fingerprint density at radius 2 is 1.97 bits per heavy atom. The van der Waals surface area contributed by atoms with Crippen LogP contribution >= 0.6 is 0 Å². The molecule has 11 heteroatoms. The Morgan fingerprint density at radius 3 is 2.76 bits per heavy atom. The molecule has 3 aromatic rings. The molecule has 1 atom stereocenters. The molecular formula is C26H37N9O2. The van der Waals surface area contributed by atoms with Crippen LogP contribution < -0.4 is 32.3 Å². The van der Waals surface area contributed by atoms with Crippen LogP contribution in [0.25, 0.3) is 16.7 Å². The lowest BCUT2D eigenvalue weighted by molar-refractivity contribution is 0.0362. The molecule has 0 saturated carbocycles. The first-order chi connectivity index (χ1) is 18.0. The van der Waals surface area contributed by atoms with Crippen LogP contribution in [0.3, 0.4) is 0 Å². The zero-order valence-electron chi connectivity index (χ0n) is 21.1. The predicted octanol–water partition coefficient (Wildman–Crippen LogP) is 0.676. The fourth-order valence-corrected chi connectivity index (χ4v) is 5.13. The standard InChI is InChI=1S/C26H37N9O2/c27-25(28)31-12-8-23-17-34(13-14-37-23)21-1-3-22(4-2-21)35-16-18-15-20(32-24(18)33-26(35)36)7-11-30-19-5-9-29-10-6-19/h1-4,15-16,19,23,29-30H,5-14,17H2,(H4,27,28,31)(H,32,33,36)/t23-/m1/s1. The van der Waals surface area contributed by atoms with Gasteiger partial charge in [-0.25, -0.2) is 4.79 Å². The fraction of sp³-hybridized carbons (Fsp3) is 0.500. The number of fused-ring (bicyclic) bond motifs is 1. The lowest BCUT2D eigenvalue weighted by Gasteiger charge is -2.34. The molecule has 0 amide bonds. The van der Waals surface area contributed by atoms with E-state index in [2.05, 4.69) is 36.9 Å². The molecule has 5 rings (SSSR count). The number of benzene rings is 1. The van der Waals surface area contributed by atoms with Gasteiger partial charge in [0.2, 0.25) is 0 Å². The van der Waals surface area contributed by atoms with Gasteiger partial charge in [-0.15, -0.1) is 0 Å². The maximum Gasteiger partial charge on any atom is 0.354 e. The van der Waals surface area contributed by atoms with E-state index in [-0.39, 0.29) is 17.8 Å². The number of hydrogen-bond donors (Lipinski definition) is 6. The zero-order chi connectivity index (χ0) is 25.6. The van der Waals surface area contributed by atoms with Gasteiger partial charge in [0.15, 0.2) is 5.96 Å². The molecule has 0 radical (unpaired) electrons. The van der Waals surface area contributed by atoms with Crippen molar-refractivity contribution in [3.05, 3.63) is 52.7 Å². The number of piperidine rings is 1. The molecule has 11 nitrogen and oxygen atoms in total. The van der Waals surface area contributed by atoms with Gasteiger partial charge in [-0.2, -0.15) is 4.98 Å². The van der Waals surface area contributed by atoms with E-state index in [0.717, 1.165) is 80.9 Å². The number of nitrogens with one attached hydrogen (secondary N) is 5. The average molecular weight is 508 g/mol. The molecule has 2 saturated heterocycles. The lowest BCUT2D eigenvalue weighted by Crippen LogP contribution is -2.44. The third-order valence-corrected chi connectivity index (χ3v) is 7.14. The summed E-state index contributed by atoms with van der Waals surface area (Å²) < 4.78 is 7.47. The minimum absolute atomic E-state index is 0.0216. The van der Waals surface area contributed by atoms with Crippen molar-refractivity contribution in [1.82, 2.24) is 30.5 Å². The first-order valence-corrected chi connectivity index (χ1v) is 13.2. The second kappa shape index (κ2) is 11.8.